The summed E-state index contributed by atoms with van der Waals surface area (Å²) in [5.74, 6) is -0.679. The van der Waals surface area contributed by atoms with Crippen LogP contribution in [0, 0.1) is 11.7 Å². The molecule has 1 aliphatic rings. The molecule has 1 aromatic carbocycles. The van der Waals surface area contributed by atoms with Gasteiger partial charge in [-0.15, -0.1) is 0 Å². The summed E-state index contributed by atoms with van der Waals surface area (Å²) in [6.45, 7) is 4.63. The van der Waals surface area contributed by atoms with Crippen LogP contribution in [-0.4, -0.2) is 37.8 Å². The van der Waals surface area contributed by atoms with Crippen molar-refractivity contribution >= 4 is 15.9 Å². The van der Waals surface area contributed by atoms with Gasteiger partial charge in [-0.2, -0.15) is 4.31 Å². The Morgan fingerprint density at radius 3 is 2.52 bits per heavy atom. The maximum atomic E-state index is 13.1. The van der Waals surface area contributed by atoms with Gasteiger partial charge in [0.05, 0.1) is 4.90 Å². The highest BCUT2D eigenvalue weighted by Gasteiger charge is 2.36. The Bertz CT molecular complexity index is 644. The first-order chi connectivity index (χ1) is 10.8. The van der Waals surface area contributed by atoms with Gasteiger partial charge < -0.3 is 5.32 Å². The third kappa shape index (κ3) is 4.29. The Morgan fingerprint density at radius 1 is 1.26 bits per heavy atom. The third-order valence-corrected chi connectivity index (χ3v) is 5.71. The van der Waals surface area contributed by atoms with Gasteiger partial charge in [-0.1, -0.05) is 13.8 Å². The van der Waals surface area contributed by atoms with E-state index >= 15 is 0 Å². The van der Waals surface area contributed by atoms with Gasteiger partial charge in [0.15, 0.2) is 0 Å². The van der Waals surface area contributed by atoms with Crippen molar-refractivity contribution in [2.45, 2.75) is 44.0 Å². The summed E-state index contributed by atoms with van der Waals surface area (Å²) in [5, 5.41) is 2.78. The molecule has 0 bridgehead atoms. The summed E-state index contributed by atoms with van der Waals surface area (Å²) in [5.41, 5.74) is 0. The molecule has 0 aromatic heterocycles. The van der Waals surface area contributed by atoms with Gasteiger partial charge in [0.1, 0.15) is 11.9 Å². The maximum Gasteiger partial charge on any atom is 0.243 e. The van der Waals surface area contributed by atoms with E-state index < -0.39 is 21.9 Å². The van der Waals surface area contributed by atoms with Crippen LogP contribution in [0.4, 0.5) is 4.39 Å². The van der Waals surface area contributed by atoms with Gasteiger partial charge in [-0.3, -0.25) is 4.79 Å². The quantitative estimate of drug-likeness (QED) is 0.891. The van der Waals surface area contributed by atoms with E-state index in [0.717, 1.165) is 25.0 Å². The summed E-state index contributed by atoms with van der Waals surface area (Å²) in [6.07, 6.45) is 2.13. The van der Waals surface area contributed by atoms with Crippen molar-refractivity contribution in [2.75, 3.05) is 13.1 Å². The predicted octanol–water partition coefficient (Wildman–Crippen LogP) is 2.14. The number of carbonyl (C=O) groups excluding carboxylic acids is 1. The van der Waals surface area contributed by atoms with Crippen molar-refractivity contribution in [3.05, 3.63) is 30.1 Å². The van der Waals surface area contributed by atoms with E-state index in [9.17, 15) is 17.6 Å². The summed E-state index contributed by atoms with van der Waals surface area (Å²) in [4.78, 5) is 12.3. The molecule has 1 saturated heterocycles. The highest BCUT2D eigenvalue weighted by atomic mass is 32.2. The number of nitrogens with zero attached hydrogens (tertiary/aromatic N) is 1. The van der Waals surface area contributed by atoms with Crippen LogP contribution in [0.5, 0.6) is 0 Å². The summed E-state index contributed by atoms with van der Waals surface area (Å²) in [7, 11) is -3.86. The number of hydrogen-bond acceptors (Lipinski definition) is 3. The van der Waals surface area contributed by atoms with Crippen LogP contribution in [-0.2, 0) is 14.8 Å². The van der Waals surface area contributed by atoms with Crippen molar-refractivity contribution in [1.29, 1.82) is 0 Å². The Morgan fingerprint density at radius 2 is 1.91 bits per heavy atom. The van der Waals surface area contributed by atoms with E-state index in [4.69, 9.17) is 0 Å². The fraction of sp³-hybridized carbons (Fsp3) is 0.562. The molecule has 1 fully saturated rings. The monoisotopic (exact) mass is 342 g/mol. The van der Waals surface area contributed by atoms with Crippen molar-refractivity contribution < 1.29 is 17.6 Å². The second-order valence-electron chi connectivity index (χ2n) is 6.23. The molecule has 0 saturated carbocycles. The second-order valence-corrected chi connectivity index (χ2v) is 8.12. The van der Waals surface area contributed by atoms with Crippen LogP contribution < -0.4 is 5.32 Å². The van der Waals surface area contributed by atoms with Gasteiger partial charge in [0.25, 0.3) is 0 Å². The first-order valence-corrected chi connectivity index (χ1v) is 9.31. The molecule has 0 aliphatic carbocycles. The fourth-order valence-electron chi connectivity index (χ4n) is 2.69. The first kappa shape index (κ1) is 17.9. The molecule has 1 aliphatic heterocycles. The topological polar surface area (TPSA) is 66.5 Å². The molecule has 5 nitrogen and oxygen atoms in total. The van der Waals surface area contributed by atoms with Crippen LogP contribution in [0.1, 0.15) is 33.1 Å². The smallest absolute Gasteiger partial charge is 0.243 e. The number of rotatable bonds is 5. The molecule has 0 spiro atoms. The second kappa shape index (κ2) is 7.40. The third-order valence-electron chi connectivity index (χ3n) is 3.82. The molecule has 1 unspecified atom stereocenters. The van der Waals surface area contributed by atoms with Gasteiger partial charge in [0, 0.05) is 13.1 Å². The van der Waals surface area contributed by atoms with E-state index in [-0.39, 0.29) is 23.3 Å². The van der Waals surface area contributed by atoms with E-state index in [1.54, 1.807) is 0 Å². The van der Waals surface area contributed by atoms with Crippen LogP contribution in [0.3, 0.4) is 0 Å². The molecular weight excluding hydrogens is 319 g/mol. The van der Waals surface area contributed by atoms with Crippen molar-refractivity contribution in [3.8, 4) is 0 Å². The fourth-order valence-corrected chi connectivity index (χ4v) is 4.47. The van der Waals surface area contributed by atoms with Gasteiger partial charge in [-0.25, -0.2) is 12.8 Å². The van der Waals surface area contributed by atoms with E-state index in [1.165, 1.54) is 16.4 Å². The molecular formula is C16H23FN2O3S. The minimum Gasteiger partial charge on any atom is -0.355 e. The molecule has 2 rings (SSSR count). The average Bonchev–Trinajstić information content (AvgIpc) is 2.69. The zero-order valence-corrected chi connectivity index (χ0v) is 14.3. The predicted molar refractivity (Wildman–Crippen MR) is 85.8 cm³/mol. The van der Waals surface area contributed by atoms with Gasteiger partial charge in [0.2, 0.25) is 15.9 Å². The Kier molecular flexibility index (Phi) is 5.75. The molecule has 23 heavy (non-hydrogen) atoms. The number of nitrogens with one attached hydrogen (secondary N) is 1. The number of carbonyl (C=O) groups is 1. The largest absolute Gasteiger partial charge is 0.355 e. The first-order valence-electron chi connectivity index (χ1n) is 7.87. The summed E-state index contributed by atoms with van der Waals surface area (Å²) >= 11 is 0. The van der Waals surface area contributed by atoms with E-state index in [0.29, 0.717) is 13.0 Å². The standard InChI is InChI=1S/C16H23FN2O3S/c1-12(2)11-19(15-5-3-4-10-18-16(15)20)23(21,22)14-8-6-13(17)7-9-14/h6-9,12,15H,3-5,10-11H2,1-2H3,(H,18,20). The van der Waals surface area contributed by atoms with Crippen LogP contribution >= 0.6 is 0 Å². The zero-order chi connectivity index (χ0) is 17.0. The Labute approximate surface area is 136 Å². The minimum atomic E-state index is -3.86. The lowest BCUT2D eigenvalue weighted by Crippen LogP contribution is -2.49. The van der Waals surface area contributed by atoms with Crippen molar-refractivity contribution in [1.82, 2.24) is 9.62 Å². The molecule has 1 N–H and O–H groups in total. The van der Waals surface area contributed by atoms with Crippen molar-refractivity contribution in [2.24, 2.45) is 5.92 Å². The normalized spacial score (nSPS) is 19.7. The number of hydrogen-bond donors (Lipinski definition) is 1. The van der Waals surface area contributed by atoms with Gasteiger partial charge in [-0.05, 0) is 49.4 Å². The van der Waals surface area contributed by atoms with Crippen LogP contribution in [0.25, 0.3) is 0 Å². The molecule has 7 heteroatoms. The number of halogens is 1. The molecule has 1 atom stereocenters. The molecule has 1 heterocycles. The Hall–Kier alpha value is -1.47. The number of benzene rings is 1. The highest BCUT2D eigenvalue weighted by Crippen LogP contribution is 2.24. The average molecular weight is 342 g/mol. The zero-order valence-electron chi connectivity index (χ0n) is 13.5. The highest BCUT2D eigenvalue weighted by molar-refractivity contribution is 7.89. The maximum absolute atomic E-state index is 13.1. The van der Waals surface area contributed by atoms with E-state index in [2.05, 4.69) is 5.32 Å². The lowest BCUT2D eigenvalue weighted by molar-refractivity contribution is -0.124. The summed E-state index contributed by atoms with van der Waals surface area (Å²) in [6, 6.07) is 4.01. The van der Waals surface area contributed by atoms with Crippen LogP contribution in [0.15, 0.2) is 29.2 Å². The molecule has 128 valence electrons. The Balaban J connectivity index is 2.40. The number of sulfonamides is 1. The van der Waals surface area contributed by atoms with Crippen LogP contribution in [0.2, 0.25) is 0 Å². The molecule has 1 amide bonds. The van der Waals surface area contributed by atoms with Gasteiger partial charge >= 0.3 is 0 Å². The summed E-state index contributed by atoms with van der Waals surface area (Å²) < 4.78 is 40.3. The van der Waals surface area contributed by atoms with E-state index in [1.807, 2.05) is 13.8 Å². The van der Waals surface area contributed by atoms with Crippen molar-refractivity contribution in [3.63, 3.8) is 0 Å². The molecule has 0 radical (unpaired) electrons. The SMILES string of the molecule is CC(C)CN(C1CCCCNC1=O)S(=O)(=O)c1ccc(F)cc1. The number of amides is 1. The lowest BCUT2D eigenvalue weighted by atomic mass is 10.1. The minimum absolute atomic E-state index is 0.0107. The molecule has 1 aromatic rings. The lowest BCUT2D eigenvalue weighted by Gasteiger charge is -2.30.